The van der Waals surface area contributed by atoms with Crippen molar-refractivity contribution in [2.24, 2.45) is 0 Å². The lowest BCUT2D eigenvalue weighted by molar-refractivity contribution is -0.917. The molecular weight excluding hydrogens is 328 g/mol. The van der Waals surface area contributed by atoms with E-state index in [9.17, 15) is 4.79 Å². The summed E-state index contributed by atoms with van der Waals surface area (Å²) >= 11 is 1.76. The summed E-state index contributed by atoms with van der Waals surface area (Å²) in [6, 6.07) is 12.9. The molecule has 0 atom stereocenters. The smallest absolute Gasteiger partial charge is 0.264 e. The summed E-state index contributed by atoms with van der Waals surface area (Å²) < 4.78 is 0. The van der Waals surface area contributed by atoms with E-state index in [0.717, 1.165) is 44.0 Å². The quantitative estimate of drug-likeness (QED) is 0.841. The highest BCUT2D eigenvalue weighted by Crippen LogP contribution is 2.29. The van der Waals surface area contributed by atoms with E-state index in [2.05, 4.69) is 41.3 Å². The van der Waals surface area contributed by atoms with Crippen molar-refractivity contribution in [3.8, 4) is 0 Å². The third-order valence-corrected chi connectivity index (χ3v) is 6.74. The van der Waals surface area contributed by atoms with Gasteiger partial charge in [-0.2, -0.15) is 0 Å². The Morgan fingerprint density at radius 3 is 2.60 bits per heavy atom. The highest BCUT2D eigenvalue weighted by molar-refractivity contribution is 7.14. The average molecular weight is 356 g/mol. The maximum atomic E-state index is 12.9. The Kier molecular flexibility index (Phi) is 5.18. The fraction of sp³-hybridized carbons (Fsp3) is 0.476. The lowest BCUT2D eigenvalue weighted by Gasteiger charge is -2.32. The number of aryl methyl sites for hydroxylation is 2. The highest BCUT2D eigenvalue weighted by Gasteiger charge is 2.26. The van der Waals surface area contributed by atoms with Crippen LogP contribution in [0.15, 0.2) is 36.4 Å². The Labute approximate surface area is 154 Å². The van der Waals surface area contributed by atoms with Crippen molar-refractivity contribution in [3.63, 3.8) is 0 Å². The molecule has 0 saturated carbocycles. The van der Waals surface area contributed by atoms with Gasteiger partial charge in [0.1, 0.15) is 6.54 Å². The number of hydrogen-bond donors (Lipinski definition) is 1. The van der Waals surface area contributed by atoms with Crippen LogP contribution in [-0.4, -0.2) is 37.0 Å². The van der Waals surface area contributed by atoms with E-state index >= 15 is 0 Å². The first kappa shape index (κ1) is 16.8. The van der Waals surface area contributed by atoms with Crippen LogP contribution in [0.3, 0.4) is 0 Å². The van der Waals surface area contributed by atoms with Crippen molar-refractivity contribution < 1.29 is 9.69 Å². The van der Waals surface area contributed by atoms with Crippen LogP contribution in [-0.2, 0) is 19.4 Å². The number of benzene rings is 1. The third-order valence-electron chi connectivity index (χ3n) is 5.51. The van der Waals surface area contributed by atoms with Gasteiger partial charge in [-0.25, -0.2) is 0 Å². The molecule has 0 unspecified atom stereocenters. The Morgan fingerprint density at radius 2 is 1.80 bits per heavy atom. The van der Waals surface area contributed by atoms with Gasteiger partial charge in [-0.1, -0.05) is 36.8 Å². The molecule has 2 heterocycles. The Bertz CT molecular complexity index is 693. The highest BCUT2D eigenvalue weighted by atomic mass is 32.1. The fourth-order valence-corrected chi connectivity index (χ4v) is 5.24. The van der Waals surface area contributed by atoms with Crippen LogP contribution in [0.25, 0.3) is 0 Å². The molecule has 1 N–H and O–H groups in total. The largest absolute Gasteiger partial charge is 0.328 e. The van der Waals surface area contributed by atoms with E-state index in [4.69, 9.17) is 0 Å². The van der Waals surface area contributed by atoms with Crippen molar-refractivity contribution in [2.45, 2.75) is 38.6 Å². The van der Waals surface area contributed by atoms with Gasteiger partial charge in [0.05, 0.1) is 31.1 Å². The summed E-state index contributed by atoms with van der Waals surface area (Å²) in [6.07, 6.45) is 6.22. The predicted octanol–water partition coefficient (Wildman–Crippen LogP) is 2.56. The Balaban J connectivity index is 1.35. The minimum absolute atomic E-state index is 0.261. The number of nitrogens with zero attached hydrogens (tertiary/aromatic N) is 1. The van der Waals surface area contributed by atoms with Gasteiger partial charge in [-0.05, 0) is 37.3 Å². The number of amides is 1. The molecule has 1 aliphatic carbocycles. The van der Waals surface area contributed by atoms with E-state index in [1.165, 1.54) is 41.7 Å². The standard InChI is InChI=1S/C21H26N2OS/c24-21(20-15-18-9-5-2-6-10-19(18)25-20)23-13-11-22(12-14-23)16-17-7-3-1-4-8-17/h1,3-4,7-8,15H,2,5-6,9-14,16H2/p+1. The normalized spacial score (nSPS) is 18.6. The molecule has 2 aromatic rings. The van der Waals surface area contributed by atoms with Gasteiger partial charge in [0.25, 0.3) is 5.91 Å². The van der Waals surface area contributed by atoms with Crippen LogP contribution in [0, 0.1) is 0 Å². The number of carbonyl (C=O) groups is 1. The molecule has 132 valence electrons. The van der Waals surface area contributed by atoms with Gasteiger partial charge in [0, 0.05) is 10.4 Å². The number of fused-ring (bicyclic) bond motifs is 1. The SMILES string of the molecule is O=C(c1cc2c(s1)CCCCC2)N1CC[NH+](Cc2ccccc2)CC1. The zero-order chi connectivity index (χ0) is 17.1. The minimum Gasteiger partial charge on any atom is -0.328 e. The molecule has 1 aromatic carbocycles. The number of nitrogens with one attached hydrogen (secondary N) is 1. The lowest BCUT2D eigenvalue weighted by atomic mass is 10.1. The first-order chi connectivity index (χ1) is 12.3. The second-order valence-corrected chi connectivity index (χ2v) is 8.46. The Hall–Kier alpha value is -1.65. The summed E-state index contributed by atoms with van der Waals surface area (Å²) in [7, 11) is 0. The van der Waals surface area contributed by atoms with Crippen molar-refractivity contribution in [2.75, 3.05) is 26.2 Å². The van der Waals surface area contributed by atoms with Crippen molar-refractivity contribution in [1.29, 1.82) is 0 Å². The maximum Gasteiger partial charge on any atom is 0.264 e. The van der Waals surface area contributed by atoms with Gasteiger partial charge in [0.15, 0.2) is 0 Å². The molecule has 1 fully saturated rings. The molecule has 1 aromatic heterocycles. The third kappa shape index (κ3) is 3.96. The van der Waals surface area contributed by atoms with Crippen molar-refractivity contribution in [1.82, 2.24) is 4.90 Å². The maximum absolute atomic E-state index is 12.9. The molecule has 0 bridgehead atoms. The summed E-state index contributed by atoms with van der Waals surface area (Å²) in [5, 5.41) is 0. The van der Waals surface area contributed by atoms with Crippen LogP contribution in [0.4, 0.5) is 0 Å². The monoisotopic (exact) mass is 355 g/mol. The van der Waals surface area contributed by atoms with Crippen molar-refractivity contribution in [3.05, 3.63) is 57.3 Å². The zero-order valence-electron chi connectivity index (χ0n) is 14.8. The van der Waals surface area contributed by atoms with Crippen LogP contribution < -0.4 is 4.90 Å². The number of quaternary nitrogens is 1. The van der Waals surface area contributed by atoms with Gasteiger partial charge < -0.3 is 9.80 Å². The Morgan fingerprint density at radius 1 is 1.04 bits per heavy atom. The molecule has 1 amide bonds. The first-order valence-electron chi connectivity index (χ1n) is 9.58. The number of rotatable bonds is 3. The number of carbonyl (C=O) groups excluding carboxylic acids is 1. The van der Waals surface area contributed by atoms with E-state index < -0.39 is 0 Å². The van der Waals surface area contributed by atoms with E-state index in [1.807, 2.05) is 0 Å². The summed E-state index contributed by atoms with van der Waals surface area (Å²) in [6.45, 7) is 4.92. The van der Waals surface area contributed by atoms with E-state index in [0.29, 0.717) is 0 Å². The van der Waals surface area contributed by atoms with Crippen molar-refractivity contribution >= 4 is 17.2 Å². The fourth-order valence-electron chi connectivity index (χ4n) is 4.02. The minimum atomic E-state index is 0.261. The second kappa shape index (κ2) is 7.71. The number of piperazine rings is 1. The molecule has 3 nitrogen and oxygen atoms in total. The van der Waals surface area contributed by atoms with Gasteiger partial charge in [-0.15, -0.1) is 11.3 Å². The molecule has 1 saturated heterocycles. The molecule has 0 spiro atoms. The lowest BCUT2D eigenvalue weighted by Crippen LogP contribution is -3.13. The summed E-state index contributed by atoms with van der Waals surface area (Å²) in [4.78, 5) is 19.0. The summed E-state index contributed by atoms with van der Waals surface area (Å²) in [5.74, 6) is 0.261. The van der Waals surface area contributed by atoms with Gasteiger partial charge in [-0.3, -0.25) is 4.79 Å². The molecule has 4 rings (SSSR count). The number of thiophene rings is 1. The molecule has 25 heavy (non-hydrogen) atoms. The van der Waals surface area contributed by atoms with Crippen LogP contribution in [0.5, 0.6) is 0 Å². The van der Waals surface area contributed by atoms with Crippen LogP contribution >= 0.6 is 11.3 Å². The predicted molar refractivity (Wildman–Crippen MR) is 102 cm³/mol. The van der Waals surface area contributed by atoms with Gasteiger partial charge in [0.2, 0.25) is 0 Å². The second-order valence-electron chi connectivity index (χ2n) is 7.32. The summed E-state index contributed by atoms with van der Waals surface area (Å²) in [5.41, 5.74) is 2.83. The van der Waals surface area contributed by atoms with E-state index in [1.54, 1.807) is 16.2 Å². The van der Waals surface area contributed by atoms with Gasteiger partial charge >= 0.3 is 0 Å². The molecule has 2 aliphatic rings. The molecule has 0 radical (unpaired) electrons. The van der Waals surface area contributed by atoms with Crippen LogP contribution in [0.2, 0.25) is 0 Å². The molecule has 4 heteroatoms. The first-order valence-corrected chi connectivity index (χ1v) is 10.4. The molecular formula is C21H27N2OS+. The molecule has 1 aliphatic heterocycles. The zero-order valence-corrected chi connectivity index (χ0v) is 15.6. The van der Waals surface area contributed by atoms with Crippen LogP contribution in [0.1, 0.15) is 44.9 Å². The topological polar surface area (TPSA) is 24.8 Å². The number of hydrogen-bond acceptors (Lipinski definition) is 2. The average Bonchev–Trinajstić information content (AvgIpc) is 2.93. The van der Waals surface area contributed by atoms with E-state index in [-0.39, 0.29) is 5.91 Å².